The van der Waals surface area contributed by atoms with Crippen LogP contribution in [0.25, 0.3) is 0 Å². The Kier molecular flexibility index (Phi) is 6.79. The van der Waals surface area contributed by atoms with E-state index in [1.165, 1.54) is 6.07 Å². The second kappa shape index (κ2) is 9.32. The largest absolute Gasteiger partial charge is 0.480 e. The highest BCUT2D eigenvalue weighted by Crippen LogP contribution is 2.39. The molecule has 0 unspecified atom stereocenters. The second-order valence-corrected chi connectivity index (χ2v) is 7.84. The van der Waals surface area contributed by atoms with Crippen LogP contribution in [0, 0.1) is 27.8 Å². The van der Waals surface area contributed by atoms with Crippen LogP contribution in [0.4, 0.5) is 4.39 Å². The Morgan fingerprint density at radius 3 is 2.40 bits per heavy atom. The Hall–Kier alpha value is -2.84. The first kappa shape index (κ1) is 21.9. The quantitative estimate of drug-likeness (QED) is 0.505. The molecule has 3 rings (SSSR count). The molecule has 1 aliphatic heterocycles. The average Bonchev–Trinajstić information content (AvgIpc) is 3.11. The molecule has 5 atom stereocenters. The van der Waals surface area contributed by atoms with Gasteiger partial charge in [0.05, 0.1) is 18.6 Å². The summed E-state index contributed by atoms with van der Waals surface area (Å²) in [4.78, 5) is 23.7. The Labute approximate surface area is 174 Å². The molecule has 7 nitrogen and oxygen atoms in total. The zero-order chi connectivity index (χ0) is 21.8. The monoisotopic (exact) mass is 416 g/mol. The van der Waals surface area contributed by atoms with Gasteiger partial charge in [-0.15, -0.1) is 0 Å². The number of benzene rings is 2. The van der Waals surface area contributed by atoms with E-state index < -0.39 is 46.9 Å². The van der Waals surface area contributed by atoms with Gasteiger partial charge in [-0.05, 0) is 17.5 Å². The molecule has 0 saturated carbocycles. The molecule has 1 fully saturated rings. The van der Waals surface area contributed by atoms with E-state index in [1.807, 2.05) is 13.8 Å². The van der Waals surface area contributed by atoms with Crippen LogP contribution >= 0.6 is 0 Å². The summed E-state index contributed by atoms with van der Waals surface area (Å²) in [5, 5.41) is 24.8. The number of hydrogen-bond donors (Lipinski definition) is 2. The van der Waals surface area contributed by atoms with E-state index in [0.717, 1.165) is 0 Å². The molecule has 0 aliphatic carbocycles. The van der Waals surface area contributed by atoms with E-state index in [-0.39, 0.29) is 12.5 Å². The molecule has 160 valence electrons. The molecule has 0 bridgehead atoms. The van der Waals surface area contributed by atoms with Gasteiger partial charge < -0.3 is 9.84 Å². The normalized spacial score (nSPS) is 24.7. The number of halogens is 1. The fourth-order valence-corrected chi connectivity index (χ4v) is 4.21. The number of carbonyl (C=O) groups is 1. The van der Waals surface area contributed by atoms with Crippen molar-refractivity contribution in [1.82, 2.24) is 5.32 Å². The first-order valence-corrected chi connectivity index (χ1v) is 9.83. The van der Waals surface area contributed by atoms with Crippen molar-refractivity contribution in [2.75, 3.05) is 0 Å². The summed E-state index contributed by atoms with van der Waals surface area (Å²) in [5.74, 6) is -2.77. The van der Waals surface area contributed by atoms with E-state index >= 15 is 0 Å². The molecule has 2 aromatic carbocycles. The van der Waals surface area contributed by atoms with Gasteiger partial charge in [0.2, 0.25) is 6.04 Å². The Morgan fingerprint density at radius 1 is 1.20 bits per heavy atom. The van der Waals surface area contributed by atoms with E-state index in [0.29, 0.717) is 11.1 Å². The Morgan fingerprint density at radius 2 is 1.83 bits per heavy atom. The van der Waals surface area contributed by atoms with Gasteiger partial charge in [0.1, 0.15) is 17.9 Å². The van der Waals surface area contributed by atoms with Crippen molar-refractivity contribution in [3.63, 3.8) is 0 Å². The number of aliphatic carboxylic acids is 1. The molecule has 0 radical (unpaired) electrons. The fourth-order valence-electron chi connectivity index (χ4n) is 4.21. The van der Waals surface area contributed by atoms with Gasteiger partial charge in [-0.2, -0.15) is 0 Å². The average molecular weight is 416 g/mol. The molecule has 1 aliphatic rings. The minimum absolute atomic E-state index is 0.0984. The maximum Gasteiger partial charge on any atom is 0.321 e. The summed E-state index contributed by atoms with van der Waals surface area (Å²) in [5.41, 5.74) is 0.961. The lowest BCUT2D eigenvalue weighted by molar-refractivity contribution is -0.535. The topological polar surface area (TPSA) is 102 Å². The van der Waals surface area contributed by atoms with Crippen molar-refractivity contribution in [2.45, 2.75) is 44.7 Å². The Balaban J connectivity index is 1.95. The van der Waals surface area contributed by atoms with Gasteiger partial charge in [0, 0.05) is 10.5 Å². The fraction of sp³-hybridized carbons (Fsp3) is 0.409. The zero-order valence-corrected chi connectivity index (χ0v) is 16.8. The maximum atomic E-state index is 14.0. The van der Waals surface area contributed by atoms with Crippen molar-refractivity contribution in [2.24, 2.45) is 11.8 Å². The summed E-state index contributed by atoms with van der Waals surface area (Å²) in [7, 11) is 0. The number of carboxylic acids is 1. The Bertz CT molecular complexity index is 892. The van der Waals surface area contributed by atoms with Crippen LogP contribution in [0.15, 0.2) is 54.6 Å². The summed E-state index contributed by atoms with van der Waals surface area (Å²) in [6.45, 7) is 3.54. The minimum Gasteiger partial charge on any atom is -0.480 e. The minimum atomic E-state index is -1.21. The first-order chi connectivity index (χ1) is 14.3. The molecule has 0 spiro atoms. The van der Waals surface area contributed by atoms with Crippen LogP contribution < -0.4 is 5.32 Å². The van der Waals surface area contributed by atoms with Gasteiger partial charge in [-0.3, -0.25) is 20.2 Å². The molecular weight excluding hydrogens is 391 g/mol. The third kappa shape index (κ3) is 4.49. The number of nitrogens with one attached hydrogen (secondary N) is 1. The third-order valence-electron chi connectivity index (χ3n) is 5.57. The standard InChI is InChI=1S/C22H25FN2O5/c1-13(2)21(30-12-15-10-6-7-11-16(15)23)17-19(22(26)27)24-18(20(17)25(28)29)14-8-4-3-5-9-14/h3-11,13,17-21,24H,12H2,1-2H3,(H,26,27)/t17-,18+,19+,20+,21+/m1/s1. The highest BCUT2D eigenvalue weighted by atomic mass is 19.1. The molecule has 8 heteroatoms. The van der Waals surface area contributed by atoms with Gasteiger partial charge in [-0.25, -0.2) is 4.39 Å². The molecule has 0 aromatic heterocycles. The molecular formula is C22H25FN2O5. The van der Waals surface area contributed by atoms with E-state index in [2.05, 4.69) is 5.32 Å². The number of nitrogens with zero attached hydrogens (tertiary/aromatic N) is 1. The number of nitro groups is 1. The number of rotatable bonds is 8. The molecule has 2 N–H and O–H groups in total. The summed E-state index contributed by atoms with van der Waals surface area (Å²) < 4.78 is 20.0. The van der Waals surface area contributed by atoms with Crippen LogP contribution in [0.5, 0.6) is 0 Å². The summed E-state index contributed by atoms with van der Waals surface area (Å²) >= 11 is 0. The second-order valence-electron chi connectivity index (χ2n) is 7.84. The lowest BCUT2D eigenvalue weighted by atomic mass is 9.82. The predicted molar refractivity (Wildman–Crippen MR) is 108 cm³/mol. The summed E-state index contributed by atoms with van der Waals surface area (Å²) in [6, 6.07) is 11.8. The zero-order valence-electron chi connectivity index (χ0n) is 16.8. The van der Waals surface area contributed by atoms with Crippen molar-refractivity contribution < 1.29 is 24.0 Å². The highest BCUT2D eigenvalue weighted by Gasteiger charge is 2.57. The summed E-state index contributed by atoms with van der Waals surface area (Å²) in [6.07, 6.45) is -0.762. The van der Waals surface area contributed by atoms with Gasteiger partial charge >= 0.3 is 5.97 Å². The molecule has 2 aromatic rings. The maximum absolute atomic E-state index is 14.0. The lowest BCUT2D eigenvalue weighted by Crippen LogP contribution is -2.47. The van der Waals surface area contributed by atoms with Crippen molar-refractivity contribution in [1.29, 1.82) is 0 Å². The van der Waals surface area contributed by atoms with Gasteiger partial charge in [-0.1, -0.05) is 62.4 Å². The predicted octanol–water partition coefficient (Wildman–Crippen LogP) is 3.43. The molecule has 0 amide bonds. The van der Waals surface area contributed by atoms with Crippen molar-refractivity contribution >= 4 is 5.97 Å². The number of ether oxygens (including phenoxy) is 1. The third-order valence-corrected chi connectivity index (χ3v) is 5.57. The SMILES string of the molecule is CC(C)[C@H](OCc1ccccc1F)[C@H]1[C@H]([N+](=O)[O-])[C@H](c2ccccc2)N[C@@H]1C(=O)O. The number of carboxylic acid groups (broad SMARTS) is 1. The van der Waals surface area contributed by atoms with Gasteiger partial charge in [0.25, 0.3) is 0 Å². The van der Waals surface area contributed by atoms with Crippen molar-refractivity contribution in [3.8, 4) is 0 Å². The van der Waals surface area contributed by atoms with Gasteiger partial charge in [0.15, 0.2) is 0 Å². The molecule has 1 heterocycles. The van der Waals surface area contributed by atoms with Crippen molar-refractivity contribution in [3.05, 3.63) is 81.7 Å². The molecule has 30 heavy (non-hydrogen) atoms. The van der Waals surface area contributed by atoms with E-state index in [9.17, 15) is 24.4 Å². The first-order valence-electron chi connectivity index (χ1n) is 9.83. The molecule has 1 saturated heterocycles. The van der Waals surface area contributed by atoms with E-state index in [1.54, 1.807) is 48.5 Å². The number of hydrogen-bond acceptors (Lipinski definition) is 5. The van der Waals surface area contributed by atoms with E-state index in [4.69, 9.17) is 4.74 Å². The van der Waals surface area contributed by atoms with Crippen LogP contribution in [-0.2, 0) is 16.1 Å². The van der Waals surface area contributed by atoms with Crippen LogP contribution in [0.3, 0.4) is 0 Å². The van der Waals surface area contributed by atoms with Crippen LogP contribution in [0.1, 0.15) is 31.0 Å². The van der Waals surface area contributed by atoms with Crippen LogP contribution in [-0.4, -0.2) is 34.2 Å². The smallest absolute Gasteiger partial charge is 0.321 e. The lowest BCUT2D eigenvalue weighted by Gasteiger charge is -2.30. The van der Waals surface area contributed by atoms with Crippen LogP contribution in [0.2, 0.25) is 0 Å². The highest BCUT2D eigenvalue weighted by molar-refractivity contribution is 5.75.